The monoisotopic (exact) mass is 700 g/mol. The number of rotatable bonds is 11. The fourth-order valence-corrected chi connectivity index (χ4v) is 7.92. The van der Waals surface area contributed by atoms with Gasteiger partial charge < -0.3 is 31.0 Å². The number of carbonyl (C=O) groups is 3. The molecule has 50 heavy (non-hydrogen) atoms. The quantitative estimate of drug-likeness (QED) is 0.187. The van der Waals surface area contributed by atoms with Crippen LogP contribution in [0.25, 0.3) is 10.9 Å². The highest BCUT2D eigenvalue weighted by molar-refractivity contribution is 7.92. The number of benzene rings is 3. The third kappa shape index (κ3) is 7.34. The molecule has 13 heteroatoms. The van der Waals surface area contributed by atoms with Crippen molar-refractivity contribution < 1.29 is 27.5 Å². The van der Waals surface area contributed by atoms with E-state index in [0.717, 1.165) is 22.2 Å². The molecule has 0 radical (unpaired) electrons. The molecule has 3 heterocycles. The van der Waals surface area contributed by atoms with E-state index in [-0.39, 0.29) is 18.9 Å². The van der Waals surface area contributed by atoms with E-state index in [2.05, 4.69) is 15.6 Å². The van der Waals surface area contributed by atoms with Gasteiger partial charge in [-0.05, 0) is 68.0 Å². The predicted octanol–water partition coefficient (Wildman–Crippen LogP) is 2.84. The Kier molecular flexibility index (Phi) is 9.65. The normalized spacial score (nSPS) is 16.9. The number of H-pyrrole nitrogens is 1. The van der Waals surface area contributed by atoms with E-state index >= 15 is 0 Å². The Labute approximate surface area is 292 Å². The van der Waals surface area contributed by atoms with Crippen molar-refractivity contribution in [3.05, 3.63) is 96.2 Å². The largest absolute Gasteiger partial charge is 0.491 e. The van der Waals surface area contributed by atoms with Crippen LogP contribution in [0.5, 0.6) is 5.75 Å². The highest BCUT2D eigenvalue weighted by Crippen LogP contribution is 2.47. The molecular formula is C37H44N6O6S. The number of ether oxygens (including phenoxy) is 1. The van der Waals surface area contributed by atoms with Gasteiger partial charge in [0.15, 0.2) is 0 Å². The number of nitrogens with zero attached hydrogens (tertiary/aromatic N) is 2. The predicted molar refractivity (Wildman–Crippen MR) is 192 cm³/mol. The molecule has 1 spiro atoms. The van der Waals surface area contributed by atoms with Crippen LogP contribution < -0.4 is 25.4 Å². The van der Waals surface area contributed by atoms with Gasteiger partial charge in [0.1, 0.15) is 23.9 Å². The van der Waals surface area contributed by atoms with E-state index in [9.17, 15) is 22.8 Å². The number of sulfonamides is 1. The van der Waals surface area contributed by atoms with Crippen LogP contribution >= 0.6 is 0 Å². The van der Waals surface area contributed by atoms with Gasteiger partial charge >= 0.3 is 0 Å². The lowest BCUT2D eigenvalue weighted by Crippen LogP contribution is -2.62. The van der Waals surface area contributed by atoms with Crippen molar-refractivity contribution >= 4 is 44.3 Å². The lowest BCUT2D eigenvalue weighted by Gasteiger charge is -2.41. The topological polar surface area (TPSA) is 167 Å². The van der Waals surface area contributed by atoms with E-state index in [4.69, 9.17) is 10.5 Å². The number of hydrogen-bond donors (Lipinski definition) is 4. The molecule has 1 aromatic heterocycles. The van der Waals surface area contributed by atoms with Crippen LogP contribution in [0, 0.1) is 0 Å². The first-order valence-corrected chi connectivity index (χ1v) is 18.6. The lowest BCUT2D eigenvalue weighted by molar-refractivity contribution is -0.140. The first kappa shape index (κ1) is 35.0. The Bertz CT molecular complexity index is 1950. The maximum Gasteiger partial charge on any atom is 0.248 e. The van der Waals surface area contributed by atoms with Gasteiger partial charge in [0.2, 0.25) is 27.7 Å². The minimum atomic E-state index is -3.48. The van der Waals surface area contributed by atoms with E-state index in [1.165, 1.54) is 10.6 Å². The second-order valence-corrected chi connectivity index (χ2v) is 15.8. The third-order valence-corrected chi connectivity index (χ3v) is 10.9. The Balaban J connectivity index is 1.13. The average Bonchev–Trinajstić information content (AvgIpc) is 3.65. The molecule has 264 valence electrons. The fourth-order valence-electron chi connectivity index (χ4n) is 6.92. The molecule has 5 N–H and O–H groups in total. The molecule has 2 aliphatic rings. The van der Waals surface area contributed by atoms with Crippen molar-refractivity contribution in [3.63, 3.8) is 0 Å². The van der Waals surface area contributed by atoms with Crippen LogP contribution in [-0.4, -0.2) is 86.1 Å². The van der Waals surface area contributed by atoms with Crippen molar-refractivity contribution in [1.29, 1.82) is 0 Å². The van der Waals surface area contributed by atoms with Gasteiger partial charge in [-0.2, -0.15) is 0 Å². The Morgan fingerprint density at radius 3 is 2.34 bits per heavy atom. The smallest absolute Gasteiger partial charge is 0.248 e. The Morgan fingerprint density at radius 1 is 0.980 bits per heavy atom. The number of fused-ring (bicyclic) bond motifs is 3. The van der Waals surface area contributed by atoms with Crippen LogP contribution in [0.4, 0.5) is 5.69 Å². The Hall–Kier alpha value is -4.88. The third-order valence-electron chi connectivity index (χ3n) is 9.75. The van der Waals surface area contributed by atoms with Gasteiger partial charge in [-0.1, -0.05) is 54.6 Å². The summed E-state index contributed by atoms with van der Waals surface area (Å²) in [5.41, 5.74) is 7.83. The van der Waals surface area contributed by atoms with Crippen molar-refractivity contribution in [3.8, 4) is 5.75 Å². The molecule has 0 unspecified atom stereocenters. The van der Waals surface area contributed by atoms with Gasteiger partial charge in [-0.3, -0.25) is 18.7 Å². The molecule has 1 fully saturated rings. The highest BCUT2D eigenvalue weighted by atomic mass is 32.2. The summed E-state index contributed by atoms with van der Waals surface area (Å²) in [5.74, 6) is -0.863. The summed E-state index contributed by atoms with van der Waals surface area (Å²) in [6.07, 6.45) is 2.56. The number of para-hydroxylation sites is 3. The number of anilines is 1. The van der Waals surface area contributed by atoms with Crippen molar-refractivity contribution in [2.75, 3.05) is 36.8 Å². The summed E-state index contributed by atoms with van der Waals surface area (Å²) in [6, 6.07) is 24.3. The number of aromatic amines is 1. The number of likely N-dealkylation sites (tertiary alicyclic amines) is 1. The van der Waals surface area contributed by atoms with Crippen LogP contribution in [-0.2, 0) is 36.2 Å². The fraction of sp³-hybridized carbons (Fsp3) is 0.378. The van der Waals surface area contributed by atoms with Gasteiger partial charge in [0, 0.05) is 42.7 Å². The van der Waals surface area contributed by atoms with Crippen LogP contribution in [0.3, 0.4) is 0 Å². The number of nitrogens with one attached hydrogen (secondary N) is 3. The Morgan fingerprint density at radius 2 is 1.64 bits per heavy atom. The molecule has 0 aliphatic carbocycles. The van der Waals surface area contributed by atoms with E-state index in [1.807, 2.05) is 72.8 Å². The molecule has 2 atom stereocenters. The zero-order chi connectivity index (χ0) is 35.7. The van der Waals surface area contributed by atoms with E-state index in [0.29, 0.717) is 43.9 Å². The van der Waals surface area contributed by atoms with Gasteiger partial charge in [0.25, 0.3) is 0 Å². The molecular weight excluding hydrogens is 657 g/mol. The summed E-state index contributed by atoms with van der Waals surface area (Å²) >= 11 is 0. The summed E-state index contributed by atoms with van der Waals surface area (Å²) in [6.45, 7) is 4.04. The first-order valence-electron chi connectivity index (χ1n) is 16.7. The van der Waals surface area contributed by atoms with E-state index in [1.54, 1.807) is 30.9 Å². The number of nitrogens with two attached hydrogens (primary N) is 1. The second-order valence-electron chi connectivity index (χ2n) is 13.8. The zero-order valence-corrected chi connectivity index (χ0v) is 29.3. The minimum Gasteiger partial charge on any atom is -0.491 e. The molecule has 12 nitrogen and oxygen atoms in total. The molecule has 2 aliphatic heterocycles. The van der Waals surface area contributed by atoms with Gasteiger partial charge in [-0.25, -0.2) is 8.42 Å². The summed E-state index contributed by atoms with van der Waals surface area (Å²) < 4.78 is 32.7. The number of piperidine rings is 1. The standard InChI is InChI=1S/C37H44N6O6S/c1-36(2,41-33(44)29(38)22-26-21-25-11-7-9-15-30(25)39-26)35(46)40-31(23-49-27-12-5-4-6-13-27)34(45)42-19-17-37(18-20-42)24-43(50(3,47)48)32-16-10-8-14-28(32)37/h4-16,21,29,31,39H,17-20,22-24,38H2,1-3H3,(H,40,46)(H,41,44)/t29-,31+/m0/s1. The van der Waals surface area contributed by atoms with Crippen molar-refractivity contribution in [2.24, 2.45) is 5.73 Å². The second kappa shape index (κ2) is 13.8. The van der Waals surface area contributed by atoms with Crippen molar-refractivity contribution in [1.82, 2.24) is 20.5 Å². The first-order chi connectivity index (χ1) is 23.8. The van der Waals surface area contributed by atoms with Gasteiger partial charge in [0.05, 0.1) is 18.0 Å². The van der Waals surface area contributed by atoms with Crippen LogP contribution in [0.1, 0.15) is 37.9 Å². The molecule has 1 saturated heterocycles. The molecule has 4 aromatic rings. The number of aromatic nitrogens is 1. The molecule has 3 aromatic carbocycles. The SMILES string of the molecule is CC(C)(NC(=O)[C@@H](N)Cc1cc2ccccc2[nH]1)C(=O)N[C@H](COc1ccccc1)C(=O)N1CCC2(CC1)CN(S(C)(=O)=O)c1ccccc12. The number of hydrogen-bond acceptors (Lipinski definition) is 7. The van der Waals surface area contributed by atoms with Crippen LogP contribution in [0.2, 0.25) is 0 Å². The average molecular weight is 701 g/mol. The molecule has 3 amide bonds. The lowest BCUT2D eigenvalue weighted by atomic mass is 9.74. The molecule has 0 saturated carbocycles. The molecule has 0 bridgehead atoms. The van der Waals surface area contributed by atoms with E-state index < -0.39 is 44.9 Å². The highest BCUT2D eigenvalue weighted by Gasteiger charge is 2.48. The summed E-state index contributed by atoms with van der Waals surface area (Å²) in [7, 11) is -3.48. The maximum atomic E-state index is 14.1. The summed E-state index contributed by atoms with van der Waals surface area (Å²) in [5, 5.41) is 6.60. The maximum absolute atomic E-state index is 14.1. The number of amides is 3. The van der Waals surface area contributed by atoms with Gasteiger partial charge in [-0.15, -0.1) is 0 Å². The molecule has 6 rings (SSSR count). The van der Waals surface area contributed by atoms with Crippen LogP contribution in [0.15, 0.2) is 84.9 Å². The zero-order valence-electron chi connectivity index (χ0n) is 28.5. The summed E-state index contributed by atoms with van der Waals surface area (Å²) in [4.78, 5) is 45.9. The number of carbonyl (C=O) groups excluding carboxylic acids is 3. The van der Waals surface area contributed by atoms with Crippen molar-refractivity contribution in [2.45, 2.75) is 56.1 Å². The minimum absolute atomic E-state index is 0.134.